The molecule has 2 nitrogen and oxygen atoms in total. The Morgan fingerprint density at radius 2 is 1.75 bits per heavy atom. The van der Waals surface area contributed by atoms with Gasteiger partial charge in [-0.2, -0.15) is 0 Å². The standard InChI is InChI=1S/C14H21NO/c1-12(2)14-5-3-13(4-6-14)11-15-7-9-16-10-8-15/h3-6,12H,7-11H2,1-2H3/p+1. The van der Waals surface area contributed by atoms with Crippen LogP contribution in [0.25, 0.3) is 0 Å². The van der Waals surface area contributed by atoms with Gasteiger partial charge in [0.05, 0.1) is 13.2 Å². The quantitative estimate of drug-likeness (QED) is 0.809. The van der Waals surface area contributed by atoms with E-state index in [1.54, 1.807) is 4.90 Å². The summed E-state index contributed by atoms with van der Waals surface area (Å²) in [5.74, 6) is 0.629. The molecule has 2 rings (SSSR count). The molecule has 0 bridgehead atoms. The third kappa shape index (κ3) is 3.06. The van der Waals surface area contributed by atoms with Crippen molar-refractivity contribution in [2.24, 2.45) is 0 Å². The Kier molecular flexibility index (Phi) is 3.97. The van der Waals surface area contributed by atoms with Crippen LogP contribution < -0.4 is 4.90 Å². The summed E-state index contributed by atoms with van der Waals surface area (Å²) in [6.45, 7) is 9.74. The molecule has 1 heterocycles. The lowest BCUT2D eigenvalue weighted by Crippen LogP contribution is -3.12. The largest absolute Gasteiger partial charge is 0.370 e. The molecular formula is C14H22NO+. The van der Waals surface area contributed by atoms with Crippen molar-refractivity contribution in [1.82, 2.24) is 0 Å². The van der Waals surface area contributed by atoms with E-state index in [-0.39, 0.29) is 0 Å². The van der Waals surface area contributed by atoms with E-state index in [2.05, 4.69) is 38.1 Å². The second-order valence-electron chi connectivity index (χ2n) is 4.94. The van der Waals surface area contributed by atoms with Crippen LogP contribution in [-0.2, 0) is 11.3 Å². The van der Waals surface area contributed by atoms with E-state index in [0.29, 0.717) is 5.92 Å². The van der Waals surface area contributed by atoms with Crippen LogP contribution in [-0.4, -0.2) is 26.3 Å². The van der Waals surface area contributed by atoms with Gasteiger partial charge in [-0.15, -0.1) is 0 Å². The van der Waals surface area contributed by atoms with Gasteiger partial charge in [-0.3, -0.25) is 0 Å². The Hall–Kier alpha value is -0.860. The first kappa shape index (κ1) is 11.6. The van der Waals surface area contributed by atoms with Gasteiger partial charge >= 0.3 is 0 Å². The van der Waals surface area contributed by atoms with Crippen LogP contribution in [0, 0.1) is 0 Å². The average Bonchev–Trinajstić information content (AvgIpc) is 2.31. The topological polar surface area (TPSA) is 13.7 Å². The van der Waals surface area contributed by atoms with E-state index < -0.39 is 0 Å². The number of quaternary nitrogens is 1. The second-order valence-corrected chi connectivity index (χ2v) is 4.94. The third-order valence-electron chi connectivity index (χ3n) is 3.30. The van der Waals surface area contributed by atoms with Gasteiger partial charge in [-0.1, -0.05) is 38.1 Å². The summed E-state index contributed by atoms with van der Waals surface area (Å²) in [7, 11) is 0. The summed E-state index contributed by atoms with van der Waals surface area (Å²) in [4.78, 5) is 1.64. The van der Waals surface area contributed by atoms with Crippen molar-refractivity contribution in [3.63, 3.8) is 0 Å². The maximum Gasteiger partial charge on any atom is 0.103 e. The van der Waals surface area contributed by atoms with Gasteiger partial charge in [0.15, 0.2) is 0 Å². The molecule has 0 unspecified atom stereocenters. The molecule has 1 aliphatic heterocycles. The normalized spacial score (nSPS) is 17.9. The van der Waals surface area contributed by atoms with Crippen molar-refractivity contribution in [3.05, 3.63) is 35.4 Å². The molecule has 0 amide bonds. The zero-order valence-corrected chi connectivity index (χ0v) is 10.3. The first-order valence-electron chi connectivity index (χ1n) is 6.26. The average molecular weight is 220 g/mol. The minimum atomic E-state index is 0.629. The molecule has 1 N–H and O–H groups in total. The lowest BCUT2D eigenvalue weighted by atomic mass is 10.0. The third-order valence-corrected chi connectivity index (χ3v) is 3.30. The minimum Gasteiger partial charge on any atom is -0.370 e. The maximum atomic E-state index is 5.37. The highest BCUT2D eigenvalue weighted by molar-refractivity contribution is 5.24. The predicted octanol–water partition coefficient (Wildman–Crippen LogP) is 1.23. The molecule has 2 heteroatoms. The van der Waals surface area contributed by atoms with Crippen molar-refractivity contribution in [3.8, 4) is 0 Å². The highest BCUT2D eigenvalue weighted by atomic mass is 16.5. The molecule has 88 valence electrons. The highest BCUT2D eigenvalue weighted by Crippen LogP contribution is 2.14. The summed E-state index contributed by atoms with van der Waals surface area (Å²) < 4.78 is 5.37. The molecule has 0 aromatic heterocycles. The van der Waals surface area contributed by atoms with E-state index in [1.807, 2.05) is 0 Å². The Balaban J connectivity index is 1.93. The number of hydrogen-bond acceptors (Lipinski definition) is 1. The Bertz CT molecular complexity index is 312. The summed E-state index contributed by atoms with van der Waals surface area (Å²) in [6, 6.07) is 9.08. The zero-order valence-electron chi connectivity index (χ0n) is 10.3. The van der Waals surface area contributed by atoms with Crippen LogP contribution in [0.5, 0.6) is 0 Å². The van der Waals surface area contributed by atoms with E-state index in [1.165, 1.54) is 11.1 Å². The summed E-state index contributed by atoms with van der Waals surface area (Å²) in [5, 5.41) is 0. The summed E-state index contributed by atoms with van der Waals surface area (Å²) >= 11 is 0. The van der Waals surface area contributed by atoms with Crippen molar-refractivity contribution in [2.75, 3.05) is 26.3 Å². The molecule has 1 aliphatic rings. The van der Waals surface area contributed by atoms with Crippen LogP contribution in [0.2, 0.25) is 0 Å². The van der Waals surface area contributed by atoms with Crippen molar-refractivity contribution < 1.29 is 9.64 Å². The van der Waals surface area contributed by atoms with Gasteiger partial charge in [-0.25, -0.2) is 0 Å². The van der Waals surface area contributed by atoms with Crippen molar-refractivity contribution in [2.45, 2.75) is 26.3 Å². The van der Waals surface area contributed by atoms with Crippen molar-refractivity contribution >= 4 is 0 Å². The molecule has 0 aliphatic carbocycles. The Morgan fingerprint density at radius 3 is 2.31 bits per heavy atom. The van der Waals surface area contributed by atoms with Gasteiger partial charge in [0.2, 0.25) is 0 Å². The zero-order chi connectivity index (χ0) is 11.4. The molecule has 16 heavy (non-hydrogen) atoms. The number of ether oxygens (including phenoxy) is 1. The van der Waals surface area contributed by atoms with E-state index in [4.69, 9.17) is 4.74 Å². The highest BCUT2D eigenvalue weighted by Gasteiger charge is 2.13. The number of benzene rings is 1. The molecule has 1 saturated heterocycles. The molecule has 1 fully saturated rings. The SMILES string of the molecule is CC(C)c1ccc(C[NH+]2CCOCC2)cc1. The first-order valence-corrected chi connectivity index (χ1v) is 6.26. The van der Waals surface area contributed by atoms with Crippen LogP contribution in [0.15, 0.2) is 24.3 Å². The molecular weight excluding hydrogens is 198 g/mol. The molecule has 1 aromatic carbocycles. The van der Waals surface area contributed by atoms with Crippen LogP contribution >= 0.6 is 0 Å². The summed E-state index contributed by atoms with van der Waals surface area (Å²) in [5.41, 5.74) is 2.88. The minimum absolute atomic E-state index is 0.629. The summed E-state index contributed by atoms with van der Waals surface area (Å²) in [6.07, 6.45) is 0. The van der Waals surface area contributed by atoms with Crippen LogP contribution in [0.1, 0.15) is 30.9 Å². The molecule has 0 saturated carbocycles. The van der Waals surface area contributed by atoms with Gasteiger partial charge in [-0.05, 0) is 11.5 Å². The predicted molar refractivity (Wildman–Crippen MR) is 65.8 cm³/mol. The number of nitrogens with one attached hydrogen (secondary N) is 1. The molecule has 0 atom stereocenters. The molecule has 0 spiro atoms. The van der Waals surface area contributed by atoms with E-state index in [9.17, 15) is 0 Å². The number of morpholine rings is 1. The molecule has 0 radical (unpaired) electrons. The van der Waals surface area contributed by atoms with Crippen LogP contribution in [0.4, 0.5) is 0 Å². The van der Waals surface area contributed by atoms with Gasteiger partial charge in [0.25, 0.3) is 0 Å². The number of hydrogen-bond donors (Lipinski definition) is 1. The number of rotatable bonds is 3. The van der Waals surface area contributed by atoms with E-state index >= 15 is 0 Å². The Labute approximate surface area is 98.2 Å². The smallest absolute Gasteiger partial charge is 0.103 e. The van der Waals surface area contributed by atoms with Gasteiger partial charge < -0.3 is 9.64 Å². The fraction of sp³-hybridized carbons (Fsp3) is 0.571. The fourth-order valence-corrected chi connectivity index (χ4v) is 2.15. The first-order chi connectivity index (χ1) is 7.75. The van der Waals surface area contributed by atoms with Gasteiger partial charge in [0.1, 0.15) is 19.6 Å². The van der Waals surface area contributed by atoms with Gasteiger partial charge in [0, 0.05) is 5.56 Å². The van der Waals surface area contributed by atoms with Crippen molar-refractivity contribution in [1.29, 1.82) is 0 Å². The maximum absolute atomic E-state index is 5.37. The Morgan fingerprint density at radius 1 is 1.12 bits per heavy atom. The lowest BCUT2D eigenvalue weighted by Gasteiger charge is -2.23. The van der Waals surface area contributed by atoms with Crippen LogP contribution in [0.3, 0.4) is 0 Å². The molecule has 1 aromatic rings. The second kappa shape index (κ2) is 5.46. The monoisotopic (exact) mass is 220 g/mol. The lowest BCUT2D eigenvalue weighted by molar-refractivity contribution is -0.921. The fourth-order valence-electron chi connectivity index (χ4n) is 2.15. The van der Waals surface area contributed by atoms with E-state index in [0.717, 1.165) is 32.8 Å².